The van der Waals surface area contributed by atoms with Crippen LogP contribution in [0.15, 0.2) is 36.5 Å². The van der Waals surface area contributed by atoms with E-state index in [1.807, 2.05) is 52.9 Å². The van der Waals surface area contributed by atoms with Crippen LogP contribution in [0.5, 0.6) is 5.88 Å². The number of amides is 2. The molecule has 2 fully saturated rings. The zero-order valence-corrected chi connectivity index (χ0v) is 27.7. The number of ether oxygens (including phenoxy) is 3. The number of likely N-dealkylation sites (tertiary alicyclic amines) is 2. The van der Waals surface area contributed by atoms with Gasteiger partial charge in [-0.1, -0.05) is 12.1 Å². The molecule has 3 aliphatic heterocycles. The van der Waals surface area contributed by atoms with Crippen LogP contribution in [0.25, 0.3) is 11.1 Å². The number of pyridine rings is 1. The minimum Gasteiger partial charge on any atom is -0.477 e. The number of benzene rings is 1. The Morgan fingerprint density at radius 3 is 2.48 bits per heavy atom. The first-order valence-electron chi connectivity index (χ1n) is 16.4. The lowest BCUT2D eigenvalue weighted by Gasteiger charge is -2.37. The maximum atomic E-state index is 13.7. The molecular weight excluding hydrogens is 586 g/mol. The van der Waals surface area contributed by atoms with Gasteiger partial charge in [-0.3, -0.25) is 9.63 Å². The summed E-state index contributed by atoms with van der Waals surface area (Å²) in [6.07, 6.45) is 5.22. The van der Waals surface area contributed by atoms with Crippen LogP contribution < -0.4 is 4.74 Å². The average molecular weight is 634 g/mol. The van der Waals surface area contributed by atoms with Crippen LogP contribution >= 0.6 is 0 Å². The number of hydrogen-bond acceptors (Lipinski definition) is 9. The Balaban J connectivity index is 1.21. The highest BCUT2D eigenvalue weighted by atomic mass is 16.8. The summed E-state index contributed by atoms with van der Waals surface area (Å²) < 4.78 is 17.2. The molecule has 248 valence electrons. The summed E-state index contributed by atoms with van der Waals surface area (Å²) >= 11 is 0. The average Bonchev–Trinajstić information content (AvgIpc) is 3.51. The second-order valence-corrected chi connectivity index (χ2v) is 13.7. The summed E-state index contributed by atoms with van der Waals surface area (Å²) in [6, 6.07) is 11.5. The Morgan fingerprint density at radius 1 is 1.04 bits per heavy atom. The van der Waals surface area contributed by atoms with E-state index >= 15 is 0 Å². The number of aromatic nitrogens is 1. The van der Waals surface area contributed by atoms with Crippen molar-refractivity contribution in [1.82, 2.24) is 19.8 Å². The molecule has 46 heavy (non-hydrogen) atoms. The number of carbonyl (C=O) groups excluding carboxylic acids is 2. The zero-order chi connectivity index (χ0) is 32.8. The predicted molar refractivity (Wildman–Crippen MR) is 171 cm³/mol. The molecule has 0 radical (unpaired) electrons. The summed E-state index contributed by atoms with van der Waals surface area (Å²) in [5.74, 6) is 0.852. The number of nitrogens with zero attached hydrogens (tertiary/aromatic N) is 5. The molecule has 4 heterocycles. The minimum atomic E-state index is -0.532. The van der Waals surface area contributed by atoms with Gasteiger partial charge in [-0.25, -0.2) is 9.78 Å². The third-order valence-electron chi connectivity index (χ3n) is 8.72. The second-order valence-electron chi connectivity index (χ2n) is 13.7. The van der Waals surface area contributed by atoms with E-state index in [0.717, 1.165) is 41.5 Å². The highest BCUT2D eigenvalue weighted by Gasteiger charge is 2.39. The van der Waals surface area contributed by atoms with Crippen LogP contribution in [0.3, 0.4) is 0 Å². The molecule has 5 rings (SSSR count). The monoisotopic (exact) mass is 633 g/mol. The lowest BCUT2D eigenvalue weighted by Crippen LogP contribution is -2.52. The minimum absolute atomic E-state index is 0.0269. The Morgan fingerprint density at radius 2 is 1.80 bits per heavy atom. The number of carbonyl (C=O) groups is 2. The largest absolute Gasteiger partial charge is 0.477 e. The molecule has 0 bridgehead atoms. The van der Waals surface area contributed by atoms with E-state index in [-0.39, 0.29) is 30.5 Å². The van der Waals surface area contributed by atoms with Crippen molar-refractivity contribution in [2.24, 2.45) is 5.92 Å². The van der Waals surface area contributed by atoms with Gasteiger partial charge in [-0.2, -0.15) is 10.3 Å². The van der Waals surface area contributed by atoms with E-state index in [4.69, 9.17) is 19.0 Å². The Kier molecular flexibility index (Phi) is 10.8. The van der Waals surface area contributed by atoms with Gasteiger partial charge in [0.1, 0.15) is 12.1 Å². The van der Waals surface area contributed by atoms with E-state index in [1.54, 1.807) is 14.9 Å². The summed E-state index contributed by atoms with van der Waals surface area (Å²) in [6.45, 7) is 12.5. The number of fused-ring (bicyclic) bond motifs is 1. The molecule has 2 atom stereocenters. The van der Waals surface area contributed by atoms with Gasteiger partial charge in [0, 0.05) is 37.5 Å². The number of rotatable bonds is 9. The van der Waals surface area contributed by atoms with Gasteiger partial charge >= 0.3 is 6.09 Å². The molecule has 11 heteroatoms. The van der Waals surface area contributed by atoms with Gasteiger partial charge in [0.05, 0.1) is 30.9 Å². The number of hydroxylamine groups is 2. The molecule has 1 aromatic heterocycles. The highest BCUT2D eigenvalue weighted by Crippen LogP contribution is 2.31. The van der Waals surface area contributed by atoms with Gasteiger partial charge in [0.15, 0.2) is 6.79 Å². The normalized spacial score (nSPS) is 20.8. The van der Waals surface area contributed by atoms with Crippen LogP contribution in [0.1, 0.15) is 71.4 Å². The first-order valence-corrected chi connectivity index (χ1v) is 16.4. The molecule has 0 spiro atoms. The first-order chi connectivity index (χ1) is 22.0. The van der Waals surface area contributed by atoms with Gasteiger partial charge in [-0.05, 0) is 101 Å². The Bertz CT molecular complexity index is 1390. The molecule has 0 N–H and O–H groups in total. The van der Waals surface area contributed by atoms with Crippen molar-refractivity contribution in [2.45, 2.75) is 97.1 Å². The lowest BCUT2D eigenvalue weighted by atomic mass is 9.91. The summed E-state index contributed by atoms with van der Waals surface area (Å²) in [7, 11) is 0. The Hall–Kier alpha value is -3.72. The summed E-state index contributed by atoms with van der Waals surface area (Å²) in [5.41, 5.74) is 3.74. The molecule has 0 saturated carbocycles. The third kappa shape index (κ3) is 8.55. The molecule has 2 amide bonds. The lowest BCUT2D eigenvalue weighted by molar-refractivity contribution is -0.268. The van der Waals surface area contributed by atoms with Crippen molar-refractivity contribution in [2.75, 3.05) is 33.0 Å². The topological polar surface area (TPSA) is 117 Å². The maximum Gasteiger partial charge on any atom is 0.410 e. The van der Waals surface area contributed by atoms with E-state index in [1.165, 1.54) is 0 Å². The van der Waals surface area contributed by atoms with Crippen LogP contribution in [0.2, 0.25) is 0 Å². The summed E-state index contributed by atoms with van der Waals surface area (Å²) in [4.78, 5) is 39.9. The standard InChI is InChI=1S/C35H47N5O6/c1-24(2)46-34(42)38-15-12-25(13-16-38)22-43-32-11-10-28(20-37-32)26-8-9-27-18-31(33(41)39-14-6-7-30(39)19-36)40(21-29(27)17-26)45-23-44-35(3,4)5/h8-11,17,20,24-25,30-31H,6-7,12-16,18,21-23H2,1-5H3/t30-,31-/m0/s1. The van der Waals surface area contributed by atoms with Crippen LogP contribution in [-0.2, 0) is 32.1 Å². The van der Waals surface area contributed by atoms with Crippen LogP contribution in [0.4, 0.5) is 4.79 Å². The van der Waals surface area contributed by atoms with Crippen LogP contribution in [-0.4, -0.2) is 88.7 Å². The zero-order valence-electron chi connectivity index (χ0n) is 27.7. The molecule has 11 nitrogen and oxygen atoms in total. The SMILES string of the molecule is CC(C)OC(=O)N1CCC(COc2ccc(-c3ccc4c(c3)CN(OCOC(C)(C)C)[C@H](C(=O)N3CCC[C@H]3C#N)C4)cn2)CC1. The fourth-order valence-electron chi connectivity index (χ4n) is 6.11. The van der Waals surface area contributed by atoms with Crippen molar-refractivity contribution in [3.63, 3.8) is 0 Å². The molecule has 0 aliphatic carbocycles. The maximum absolute atomic E-state index is 13.7. The highest BCUT2D eigenvalue weighted by molar-refractivity contribution is 5.83. The van der Waals surface area contributed by atoms with E-state index in [9.17, 15) is 14.9 Å². The third-order valence-corrected chi connectivity index (χ3v) is 8.72. The van der Waals surface area contributed by atoms with Gasteiger partial charge in [0.2, 0.25) is 11.8 Å². The fraction of sp³-hybridized carbons (Fsp3) is 0.600. The van der Waals surface area contributed by atoms with Gasteiger partial charge < -0.3 is 24.0 Å². The van der Waals surface area contributed by atoms with E-state index < -0.39 is 12.1 Å². The molecular formula is C35H47N5O6. The number of piperidine rings is 1. The number of nitriles is 1. The van der Waals surface area contributed by atoms with Crippen molar-refractivity contribution in [1.29, 1.82) is 5.26 Å². The fourth-order valence-corrected chi connectivity index (χ4v) is 6.11. The van der Waals surface area contributed by atoms with Crippen molar-refractivity contribution >= 4 is 12.0 Å². The van der Waals surface area contributed by atoms with Gasteiger partial charge in [-0.15, -0.1) is 0 Å². The molecule has 1 aromatic carbocycles. The van der Waals surface area contributed by atoms with E-state index in [0.29, 0.717) is 57.4 Å². The van der Waals surface area contributed by atoms with Gasteiger partial charge in [0.25, 0.3) is 0 Å². The van der Waals surface area contributed by atoms with Crippen LogP contribution in [0, 0.1) is 17.2 Å². The number of hydrogen-bond donors (Lipinski definition) is 0. The molecule has 2 saturated heterocycles. The van der Waals surface area contributed by atoms with Crippen molar-refractivity contribution < 1.29 is 28.6 Å². The molecule has 3 aliphatic rings. The molecule has 2 aromatic rings. The van der Waals surface area contributed by atoms with E-state index in [2.05, 4.69) is 29.3 Å². The summed E-state index contributed by atoms with van der Waals surface area (Å²) in [5, 5.41) is 11.3. The van der Waals surface area contributed by atoms with Crippen molar-refractivity contribution in [3.8, 4) is 23.1 Å². The first kappa shape index (κ1) is 33.6. The van der Waals surface area contributed by atoms with Crippen molar-refractivity contribution in [3.05, 3.63) is 47.7 Å². The molecule has 0 unspecified atom stereocenters. The quantitative estimate of drug-likeness (QED) is 0.338. The predicted octanol–water partition coefficient (Wildman–Crippen LogP) is 5.33. The smallest absolute Gasteiger partial charge is 0.410 e. The Labute approximate surface area is 272 Å². The second kappa shape index (κ2) is 14.8.